The van der Waals surface area contributed by atoms with E-state index in [2.05, 4.69) is 5.32 Å². The van der Waals surface area contributed by atoms with E-state index in [9.17, 15) is 9.00 Å². The fourth-order valence-corrected chi connectivity index (χ4v) is 1.52. The van der Waals surface area contributed by atoms with Gasteiger partial charge in [-0.05, 0) is 5.92 Å². The van der Waals surface area contributed by atoms with Gasteiger partial charge in [-0.1, -0.05) is 13.8 Å². The quantitative estimate of drug-likeness (QED) is 0.646. The van der Waals surface area contributed by atoms with Crippen LogP contribution in [0.4, 0.5) is 0 Å². The largest absolute Gasteiger partial charge is 0.355 e. The Morgan fingerprint density at radius 2 is 2.07 bits per heavy atom. The van der Waals surface area contributed by atoms with Gasteiger partial charge in [0, 0.05) is 35.9 Å². The van der Waals surface area contributed by atoms with Crippen LogP contribution >= 0.6 is 0 Å². The van der Waals surface area contributed by atoms with E-state index in [0.717, 1.165) is 0 Å². The van der Waals surface area contributed by atoms with Gasteiger partial charge in [-0.3, -0.25) is 9.00 Å². The van der Waals surface area contributed by atoms with Gasteiger partial charge in [0.2, 0.25) is 5.91 Å². The van der Waals surface area contributed by atoms with Gasteiger partial charge in [0.05, 0.1) is 5.92 Å². The standard InChI is InChI=1S/C9H20N2O2S/c1-7(2)8(6-10)9(12)11-4-5-14(3)13/h7-8H,4-6,10H2,1-3H3,(H,11,12). The van der Waals surface area contributed by atoms with E-state index in [1.165, 1.54) is 0 Å². The van der Waals surface area contributed by atoms with Crippen LogP contribution in [0.25, 0.3) is 0 Å². The average molecular weight is 220 g/mol. The van der Waals surface area contributed by atoms with Crippen LogP contribution in [0.5, 0.6) is 0 Å². The molecule has 5 heteroatoms. The highest BCUT2D eigenvalue weighted by molar-refractivity contribution is 7.84. The fraction of sp³-hybridized carbons (Fsp3) is 0.889. The molecule has 0 aliphatic rings. The Labute approximate surface area is 88.1 Å². The summed E-state index contributed by atoms with van der Waals surface area (Å²) >= 11 is 0. The fourth-order valence-electron chi connectivity index (χ4n) is 1.13. The Morgan fingerprint density at radius 3 is 2.43 bits per heavy atom. The molecule has 0 radical (unpaired) electrons. The first-order valence-corrected chi connectivity index (χ1v) is 6.49. The van der Waals surface area contributed by atoms with Gasteiger partial charge in [0.1, 0.15) is 0 Å². The first kappa shape index (κ1) is 13.6. The second-order valence-electron chi connectivity index (χ2n) is 3.65. The van der Waals surface area contributed by atoms with Crippen LogP contribution in [0.3, 0.4) is 0 Å². The minimum atomic E-state index is -0.854. The van der Waals surface area contributed by atoms with Crippen molar-refractivity contribution in [2.75, 3.05) is 25.1 Å². The SMILES string of the molecule is CC(C)C(CN)C(=O)NCCS(C)=O. The van der Waals surface area contributed by atoms with Crippen molar-refractivity contribution in [3.8, 4) is 0 Å². The number of hydrogen-bond donors (Lipinski definition) is 2. The Kier molecular flexibility index (Phi) is 6.74. The van der Waals surface area contributed by atoms with E-state index < -0.39 is 10.8 Å². The van der Waals surface area contributed by atoms with Crippen molar-refractivity contribution in [2.45, 2.75) is 13.8 Å². The lowest BCUT2D eigenvalue weighted by Crippen LogP contribution is -2.39. The zero-order chi connectivity index (χ0) is 11.1. The summed E-state index contributed by atoms with van der Waals surface area (Å²) in [5.41, 5.74) is 5.49. The molecule has 84 valence electrons. The summed E-state index contributed by atoms with van der Waals surface area (Å²) in [4.78, 5) is 11.5. The van der Waals surface area contributed by atoms with Crippen molar-refractivity contribution in [1.82, 2.24) is 5.32 Å². The molecule has 0 bridgehead atoms. The van der Waals surface area contributed by atoms with Crippen LogP contribution in [0.1, 0.15) is 13.8 Å². The van der Waals surface area contributed by atoms with Gasteiger partial charge >= 0.3 is 0 Å². The number of carbonyl (C=O) groups is 1. The molecule has 0 aromatic heterocycles. The normalized spacial score (nSPS) is 15.2. The summed E-state index contributed by atoms with van der Waals surface area (Å²) in [5.74, 6) is 0.571. The first-order chi connectivity index (χ1) is 6.49. The Hall–Kier alpha value is -0.420. The van der Waals surface area contributed by atoms with Gasteiger partial charge in [-0.15, -0.1) is 0 Å². The third-order valence-corrected chi connectivity index (χ3v) is 2.86. The summed E-state index contributed by atoms with van der Waals surface area (Å²) in [6.45, 7) is 4.76. The molecule has 0 rings (SSSR count). The van der Waals surface area contributed by atoms with Gasteiger partial charge < -0.3 is 11.1 Å². The topological polar surface area (TPSA) is 72.2 Å². The number of amides is 1. The Balaban J connectivity index is 3.87. The lowest BCUT2D eigenvalue weighted by Gasteiger charge is -2.17. The van der Waals surface area contributed by atoms with Crippen LogP contribution in [-0.2, 0) is 15.6 Å². The molecule has 14 heavy (non-hydrogen) atoms. The van der Waals surface area contributed by atoms with Gasteiger partial charge in [0.25, 0.3) is 0 Å². The molecule has 2 atom stereocenters. The molecule has 0 heterocycles. The number of carbonyl (C=O) groups excluding carboxylic acids is 1. The monoisotopic (exact) mass is 220 g/mol. The molecule has 0 aliphatic heterocycles. The zero-order valence-corrected chi connectivity index (χ0v) is 9.89. The van der Waals surface area contributed by atoms with Gasteiger partial charge in [-0.25, -0.2) is 0 Å². The molecule has 0 saturated carbocycles. The molecule has 3 N–H and O–H groups in total. The summed E-state index contributed by atoms with van der Waals surface area (Å²) < 4.78 is 10.7. The van der Waals surface area contributed by atoms with E-state index in [0.29, 0.717) is 18.8 Å². The van der Waals surface area contributed by atoms with E-state index in [1.807, 2.05) is 13.8 Å². The summed E-state index contributed by atoms with van der Waals surface area (Å²) in [5, 5.41) is 2.73. The van der Waals surface area contributed by atoms with Gasteiger partial charge in [-0.2, -0.15) is 0 Å². The molecule has 0 aromatic rings. The van der Waals surface area contributed by atoms with Crippen LogP contribution in [0.15, 0.2) is 0 Å². The van der Waals surface area contributed by atoms with Crippen molar-refractivity contribution in [2.24, 2.45) is 17.6 Å². The Morgan fingerprint density at radius 1 is 1.50 bits per heavy atom. The maximum Gasteiger partial charge on any atom is 0.224 e. The van der Waals surface area contributed by atoms with Crippen LogP contribution in [-0.4, -0.2) is 35.2 Å². The number of hydrogen-bond acceptors (Lipinski definition) is 3. The maximum atomic E-state index is 11.5. The first-order valence-electron chi connectivity index (χ1n) is 4.76. The number of nitrogens with two attached hydrogens (primary N) is 1. The molecular weight excluding hydrogens is 200 g/mol. The molecular formula is C9H20N2O2S. The number of nitrogens with one attached hydrogen (secondary N) is 1. The maximum absolute atomic E-state index is 11.5. The van der Waals surface area contributed by atoms with Crippen molar-refractivity contribution >= 4 is 16.7 Å². The van der Waals surface area contributed by atoms with Crippen molar-refractivity contribution in [1.29, 1.82) is 0 Å². The molecule has 0 aliphatic carbocycles. The highest BCUT2D eigenvalue weighted by Crippen LogP contribution is 2.08. The molecule has 2 unspecified atom stereocenters. The van der Waals surface area contributed by atoms with E-state index in [4.69, 9.17) is 5.73 Å². The lowest BCUT2D eigenvalue weighted by atomic mass is 9.95. The minimum Gasteiger partial charge on any atom is -0.355 e. The third-order valence-electron chi connectivity index (χ3n) is 2.08. The molecule has 0 fully saturated rings. The third kappa shape index (κ3) is 5.34. The Bertz CT molecular complexity index is 207. The van der Waals surface area contributed by atoms with Crippen molar-refractivity contribution in [3.63, 3.8) is 0 Å². The van der Waals surface area contributed by atoms with E-state index in [1.54, 1.807) is 6.26 Å². The predicted octanol–water partition coefficient (Wildman–Crippen LogP) is -0.288. The predicted molar refractivity (Wildman–Crippen MR) is 59.3 cm³/mol. The summed E-state index contributed by atoms with van der Waals surface area (Å²) in [6.07, 6.45) is 1.62. The smallest absolute Gasteiger partial charge is 0.224 e. The summed E-state index contributed by atoms with van der Waals surface area (Å²) in [7, 11) is -0.854. The average Bonchev–Trinajstić information content (AvgIpc) is 2.03. The molecule has 1 amide bonds. The lowest BCUT2D eigenvalue weighted by molar-refractivity contribution is -0.125. The van der Waals surface area contributed by atoms with Crippen LogP contribution in [0.2, 0.25) is 0 Å². The molecule has 0 spiro atoms. The minimum absolute atomic E-state index is 0.0343. The molecule has 4 nitrogen and oxygen atoms in total. The molecule has 0 aromatic carbocycles. The second kappa shape index (κ2) is 6.95. The zero-order valence-electron chi connectivity index (χ0n) is 9.08. The van der Waals surface area contributed by atoms with Crippen LogP contribution in [0, 0.1) is 11.8 Å². The summed E-state index contributed by atoms with van der Waals surface area (Å²) in [6, 6.07) is 0. The van der Waals surface area contributed by atoms with E-state index in [-0.39, 0.29) is 17.7 Å². The van der Waals surface area contributed by atoms with Crippen molar-refractivity contribution in [3.05, 3.63) is 0 Å². The van der Waals surface area contributed by atoms with Gasteiger partial charge in [0.15, 0.2) is 0 Å². The number of rotatable bonds is 6. The van der Waals surface area contributed by atoms with Crippen LogP contribution < -0.4 is 11.1 Å². The highest BCUT2D eigenvalue weighted by Gasteiger charge is 2.19. The highest BCUT2D eigenvalue weighted by atomic mass is 32.2. The second-order valence-corrected chi connectivity index (χ2v) is 5.21. The van der Waals surface area contributed by atoms with Crippen molar-refractivity contribution < 1.29 is 9.00 Å². The molecule has 0 saturated heterocycles. The van der Waals surface area contributed by atoms with E-state index >= 15 is 0 Å².